The highest BCUT2D eigenvalue weighted by molar-refractivity contribution is 5.76. The molecule has 196 valence electrons. The molecule has 1 aromatic carbocycles. The van der Waals surface area contributed by atoms with Crippen LogP contribution in [0.15, 0.2) is 12.1 Å². The van der Waals surface area contributed by atoms with Gasteiger partial charge in [0.2, 0.25) is 0 Å². The number of urea groups is 1. The topological polar surface area (TPSA) is 122 Å². The second-order valence-electron chi connectivity index (χ2n) is 10.0. The average molecular weight is 505 g/mol. The molecule has 4 heterocycles. The lowest BCUT2D eigenvalue weighted by atomic mass is 9.89. The molecule has 3 N–H and O–H groups in total. The highest BCUT2D eigenvalue weighted by Gasteiger charge is 2.34. The number of aryl methyl sites for hydroxylation is 1. The normalized spacial score (nSPS) is 18.5. The zero-order chi connectivity index (χ0) is 25.9. The maximum Gasteiger partial charge on any atom is 0.317 e. The molecular weight excluding hydrogens is 468 g/mol. The molecule has 3 aliphatic rings. The van der Waals surface area contributed by atoms with Crippen molar-refractivity contribution in [3.63, 3.8) is 0 Å². The number of carbonyl (C=O) groups excluding carboxylic acids is 1. The first-order valence-electron chi connectivity index (χ1n) is 13.2. The molecule has 10 nitrogen and oxygen atoms in total. The molecule has 1 unspecified atom stereocenters. The van der Waals surface area contributed by atoms with Gasteiger partial charge >= 0.3 is 6.03 Å². The predicted octanol–water partition coefficient (Wildman–Crippen LogP) is 2.84. The molecule has 10 heteroatoms. The molecule has 0 spiro atoms. The van der Waals surface area contributed by atoms with Crippen LogP contribution in [0.25, 0.3) is 0 Å². The molecule has 1 fully saturated rings. The van der Waals surface area contributed by atoms with Gasteiger partial charge in [0.1, 0.15) is 0 Å². The van der Waals surface area contributed by atoms with Crippen molar-refractivity contribution in [2.45, 2.75) is 50.6 Å². The van der Waals surface area contributed by atoms with Gasteiger partial charge in [-0.2, -0.15) is 10.4 Å². The van der Waals surface area contributed by atoms with E-state index in [9.17, 15) is 10.1 Å². The van der Waals surface area contributed by atoms with Crippen molar-refractivity contribution >= 4 is 23.8 Å². The third-order valence-corrected chi connectivity index (χ3v) is 7.87. The SMILES string of the molecule is CNCC(C=N)c1cc2c(cc1C#N)N(c1nn(C3CCOCC3)c3c1CN(C(=O)NC)CC3)CCC2. The Morgan fingerprint density at radius 1 is 1.30 bits per heavy atom. The van der Waals surface area contributed by atoms with E-state index in [1.165, 1.54) is 17.5 Å². The van der Waals surface area contributed by atoms with Gasteiger partial charge in [0.05, 0.1) is 24.2 Å². The van der Waals surface area contributed by atoms with Gasteiger partial charge < -0.3 is 30.6 Å². The summed E-state index contributed by atoms with van der Waals surface area (Å²) in [6.45, 7) is 4.07. The first-order chi connectivity index (χ1) is 18.1. The maximum absolute atomic E-state index is 12.5. The second-order valence-corrected chi connectivity index (χ2v) is 10.0. The van der Waals surface area contributed by atoms with Crippen LogP contribution in [0, 0.1) is 16.7 Å². The van der Waals surface area contributed by atoms with E-state index >= 15 is 0 Å². The number of hydrogen-bond donors (Lipinski definition) is 3. The Hall–Kier alpha value is -3.42. The summed E-state index contributed by atoms with van der Waals surface area (Å²) < 4.78 is 7.83. The highest BCUT2D eigenvalue weighted by atomic mass is 16.5. The van der Waals surface area contributed by atoms with Gasteiger partial charge in [-0.15, -0.1) is 0 Å². The summed E-state index contributed by atoms with van der Waals surface area (Å²) in [5.74, 6) is 0.744. The van der Waals surface area contributed by atoms with Gasteiger partial charge in [-0.3, -0.25) is 4.68 Å². The van der Waals surface area contributed by atoms with Crippen LogP contribution in [0.4, 0.5) is 16.3 Å². The Bertz CT molecular complexity index is 1210. The van der Waals surface area contributed by atoms with Gasteiger partial charge in [0.15, 0.2) is 5.82 Å². The van der Waals surface area contributed by atoms with E-state index in [0.29, 0.717) is 31.2 Å². The number of hydrogen-bond acceptors (Lipinski definition) is 7. The number of likely N-dealkylation sites (N-methyl/N-ethyl adjacent to an activating group) is 1. The van der Waals surface area contributed by atoms with E-state index < -0.39 is 0 Å². The standard InChI is InChI=1S/C27H36N8O2/c1-30-16-20(15-29)22-12-18-4-3-8-34(25(18)13-19(22)14-28)26-23-17-33(27(36)31-2)9-5-24(23)35(32-26)21-6-10-37-11-7-21/h12-13,15,20-21,29-30H,3-11,16-17H2,1-2H3,(H,31,36). The number of benzene rings is 1. The number of aromatic nitrogens is 2. The molecule has 2 amide bonds. The summed E-state index contributed by atoms with van der Waals surface area (Å²) in [6.07, 6.45) is 5.93. The second kappa shape index (κ2) is 10.9. The monoisotopic (exact) mass is 504 g/mol. The molecule has 0 bridgehead atoms. The van der Waals surface area contributed by atoms with Gasteiger partial charge in [-0.1, -0.05) is 6.07 Å². The van der Waals surface area contributed by atoms with Crippen LogP contribution in [0.5, 0.6) is 0 Å². The molecule has 3 aliphatic heterocycles. The number of ether oxygens (including phenoxy) is 1. The van der Waals surface area contributed by atoms with Crippen molar-refractivity contribution < 1.29 is 9.53 Å². The van der Waals surface area contributed by atoms with Crippen LogP contribution in [0.1, 0.15) is 59.2 Å². The van der Waals surface area contributed by atoms with Gasteiger partial charge in [0, 0.05) is 75.4 Å². The largest absolute Gasteiger partial charge is 0.381 e. The number of nitrogens with one attached hydrogen (secondary N) is 3. The van der Waals surface area contributed by atoms with Crippen LogP contribution in [-0.4, -0.2) is 73.9 Å². The number of nitrogens with zero attached hydrogens (tertiary/aromatic N) is 5. The number of anilines is 2. The molecule has 37 heavy (non-hydrogen) atoms. The molecular formula is C27H36N8O2. The fourth-order valence-electron chi connectivity index (χ4n) is 5.96. The fourth-order valence-corrected chi connectivity index (χ4v) is 5.96. The molecule has 1 aromatic heterocycles. The van der Waals surface area contributed by atoms with Crippen molar-refractivity contribution in [2.75, 3.05) is 51.8 Å². The van der Waals surface area contributed by atoms with Crippen LogP contribution in [0.2, 0.25) is 0 Å². The van der Waals surface area contributed by atoms with E-state index in [1.807, 2.05) is 18.0 Å². The molecule has 1 saturated heterocycles. The first kappa shape index (κ1) is 25.2. The minimum absolute atomic E-state index is 0.0758. The summed E-state index contributed by atoms with van der Waals surface area (Å²) in [6, 6.07) is 6.69. The molecule has 0 radical (unpaired) electrons. The van der Waals surface area contributed by atoms with E-state index in [0.717, 1.165) is 74.5 Å². The van der Waals surface area contributed by atoms with Crippen molar-refractivity contribution in [1.82, 2.24) is 25.3 Å². The minimum Gasteiger partial charge on any atom is -0.381 e. The van der Waals surface area contributed by atoms with E-state index in [4.69, 9.17) is 15.2 Å². The Labute approximate surface area is 218 Å². The lowest BCUT2D eigenvalue weighted by Gasteiger charge is -2.33. The number of amides is 2. The Morgan fingerprint density at radius 2 is 2.11 bits per heavy atom. The molecule has 0 saturated carbocycles. The third-order valence-electron chi connectivity index (χ3n) is 7.87. The maximum atomic E-state index is 12.5. The summed E-state index contributed by atoms with van der Waals surface area (Å²) in [5, 5.41) is 29.1. The molecule has 0 aliphatic carbocycles. The van der Waals surface area contributed by atoms with Crippen LogP contribution in [-0.2, 0) is 24.1 Å². The minimum atomic E-state index is -0.151. The van der Waals surface area contributed by atoms with E-state index in [2.05, 4.69) is 32.4 Å². The van der Waals surface area contributed by atoms with Gasteiger partial charge in [-0.05, 0) is 49.9 Å². The Balaban J connectivity index is 1.60. The van der Waals surface area contributed by atoms with Crippen molar-refractivity contribution in [2.24, 2.45) is 0 Å². The number of rotatable bonds is 6. The predicted molar refractivity (Wildman–Crippen MR) is 142 cm³/mol. The summed E-state index contributed by atoms with van der Waals surface area (Å²) in [5.41, 5.74) is 5.99. The molecule has 5 rings (SSSR count). The third kappa shape index (κ3) is 4.69. The van der Waals surface area contributed by atoms with Gasteiger partial charge in [0.25, 0.3) is 0 Å². The quantitative estimate of drug-likeness (QED) is 0.520. The zero-order valence-corrected chi connectivity index (χ0v) is 21.7. The lowest BCUT2D eigenvalue weighted by molar-refractivity contribution is 0.0651. The smallest absolute Gasteiger partial charge is 0.317 e. The van der Waals surface area contributed by atoms with Crippen molar-refractivity contribution in [3.8, 4) is 6.07 Å². The van der Waals surface area contributed by atoms with Crippen LogP contribution < -0.4 is 15.5 Å². The molecule has 2 aromatic rings. The van der Waals surface area contributed by atoms with Crippen molar-refractivity contribution in [3.05, 3.63) is 40.1 Å². The van der Waals surface area contributed by atoms with Gasteiger partial charge in [-0.25, -0.2) is 4.79 Å². The molecule has 1 atom stereocenters. The van der Waals surface area contributed by atoms with Crippen LogP contribution in [0.3, 0.4) is 0 Å². The van der Waals surface area contributed by atoms with E-state index in [1.54, 1.807) is 7.05 Å². The van der Waals surface area contributed by atoms with Crippen LogP contribution >= 0.6 is 0 Å². The number of nitriles is 1. The lowest BCUT2D eigenvalue weighted by Crippen LogP contribution is -2.42. The number of fused-ring (bicyclic) bond motifs is 2. The highest BCUT2D eigenvalue weighted by Crippen LogP contribution is 2.41. The Kier molecular flexibility index (Phi) is 7.44. The summed E-state index contributed by atoms with van der Waals surface area (Å²) >= 11 is 0. The number of carbonyl (C=O) groups is 1. The fraction of sp³-hybridized carbons (Fsp3) is 0.556. The first-order valence-corrected chi connectivity index (χ1v) is 13.2. The zero-order valence-electron chi connectivity index (χ0n) is 21.7. The van der Waals surface area contributed by atoms with E-state index in [-0.39, 0.29) is 11.9 Å². The Morgan fingerprint density at radius 3 is 2.81 bits per heavy atom. The summed E-state index contributed by atoms with van der Waals surface area (Å²) in [7, 11) is 3.53. The average Bonchev–Trinajstić information content (AvgIpc) is 3.33. The summed E-state index contributed by atoms with van der Waals surface area (Å²) in [4.78, 5) is 16.6. The van der Waals surface area contributed by atoms with Crippen molar-refractivity contribution in [1.29, 1.82) is 10.7 Å².